The molecule has 2 N–H and O–H groups in total. The molecule has 5 nitrogen and oxygen atoms in total. The molecule has 1 saturated heterocycles. The number of nitrogens with zero attached hydrogens (tertiary/aromatic N) is 2. The van der Waals surface area contributed by atoms with Crippen molar-refractivity contribution in [1.29, 1.82) is 0 Å². The zero-order valence-corrected chi connectivity index (χ0v) is 18.2. The fraction of sp³-hybridized carbons (Fsp3) is 0.762. The van der Waals surface area contributed by atoms with Gasteiger partial charge in [-0.15, -0.1) is 11.3 Å². The van der Waals surface area contributed by atoms with Crippen molar-refractivity contribution in [1.82, 2.24) is 15.5 Å². The van der Waals surface area contributed by atoms with Crippen molar-refractivity contribution in [2.75, 3.05) is 45.9 Å². The van der Waals surface area contributed by atoms with Crippen LogP contribution in [0, 0.1) is 11.8 Å². The van der Waals surface area contributed by atoms with Gasteiger partial charge >= 0.3 is 0 Å². The number of ether oxygens (including phenoxy) is 1. The Kier molecular flexibility index (Phi) is 10.8. The summed E-state index contributed by atoms with van der Waals surface area (Å²) in [7, 11) is 0. The predicted octanol–water partition coefficient (Wildman–Crippen LogP) is 3.58. The van der Waals surface area contributed by atoms with Crippen LogP contribution in [-0.4, -0.2) is 56.8 Å². The second kappa shape index (κ2) is 13.1. The molecule has 1 unspecified atom stereocenters. The Balaban J connectivity index is 1.69. The van der Waals surface area contributed by atoms with E-state index in [2.05, 4.69) is 53.8 Å². The highest BCUT2D eigenvalue weighted by molar-refractivity contribution is 7.09. The van der Waals surface area contributed by atoms with Crippen molar-refractivity contribution in [2.24, 2.45) is 16.8 Å². The first-order valence-corrected chi connectivity index (χ1v) is 11.4. The molecule has 1 aliphatic rings. The van der Waals surface area contributed by atoms with Gasteiger partial charge < -0.3 is 15.4 Å². The highest BCUT2D eigenvalue weighted by Gasteiger charge is 2.20. The fourth-order valence-electron chi connectivity index (χ4n) is 3.33. The zero-order chi connectivity index (χ0) is 19.3. The molecule has 6 heteroatoms. The van der Waals surface area contributed by atoms with Gasteiger partial charge in [-0.1, -0.05) is 19.9 Å². The van der Waals surface area contributed by atoms with Crippen molar-refractivity contribution in [2.45, 2.75) is 46.6 Å². The first kappa shape index (κ1) is 22.2. The molecule has 0 aliphatic carbocycles. The molecule has 2 rings (SSSR count). The SMILES string of the molecule is CCNC(=NCC1CCCN(Cc2cccs2)C1)NCCCOCC(C)C. The number of thiophene rings is 1. The number of guanidine groups is 1. The summed E-state index contributed by atoms with van der Waals surface area (Å²) in [5.41, 5.74) is 0. The summed E-state index contributed by atoms with van der Waals surface area (Å²) in [6.45, 7) is 14.3. The molecular weight excluding hydrogens is 356 g/mol. The van der Waals surface area contributed by atoms with Gasteiger partial charge in [0.25, 0.3) is 0 Å². The summed E-state index contributed by atoms with van der Waals surface area (Å²) in [6, 6.07) is 4.39. The largest absolute Gasteiger partial charge is 0.381 e. The number of hydrogen-bond donors (Lipinski definition) is 2. The van der Waals surface area contributed by atoms with Crippen LogP contribution in [0.3, 0.4) is 0 Å². The van der Waals surface area contributed by atoms with Gasteiger partial charge in [0.1, 0.15) is 0 Å². The van der Waals surface area contributed by atoms with Gasteiger partial charge in [-0.25, -0.2) is 0 Å². The molecule has 27 heavy (non-hydrogen) atoms. The van der Waals surface area contributed by atoms with Crippen LogP contribution in [0.5, 0.6) is 0 Å². The zero-order valence-electron chi connectivity index (χ0n) is 17.4. The molecule has 0 saturated carbocycles. The lowest BCUT2D eigenvalue weighted by Gasteiger charge is -2.31. The maximum Gasteiger partial charge on any atom is 0.191 e. The second-order valence-electron chi connectivity index (χ2n) is 7.79. The van der Waals surface area contributed by atoms with Crippen LogP contribution in [0.1, 0.15) is 44.9 Å². The van der Waals surface area contributed by atoms with Crippen LogP contribution < -0.4 is 10.6 Å². The van der Waals surface area contributed by atoms with Crippen molar-refractivity contribution in [3.63, 3.8) is 0 Å². The molecule has 1 aliphatic heterocycles. The van der Waals surface area contributed by atoms with E-state index in [1.807, 2.05) is 11.3 Å². The molecular formula is C21H38N4OS. The molecule has 0 bridgehead atoms. The average molecular weight is 395 g/mol. The summed E-state index contributed by atoms with van der Waals surface area (Å²) in [6.07, 6.45) is 3.57. The standard InChI is InChI=1S/C21H38N4OS/c1-4-22-21(23-10-7-12-26-17-18(2)3)24-14-19-8-5-11-25(15-19)16-20-9-6-13-27-20/h6,9,13,18-19H,4-5,7-8,10-12,14-17H2,1-3H3,(H2,22,23,24). The van der Waals surface area contributed by atoms with Crippen molar-refractivity contribution >= 4 is 17.3 Å². The molecule has 1 aromatic rings. The Morgan fingerprint density at radius 1 is 1.41 bits per heavy atom. The first-order chi connectivity index (χ1) is 13.2. The minimum atomic E-state index is 0.603. The van der Waals surface area contributed by atoms with E-state index in [4.69, 9.17) is 9.73 Å². The van der Waals surface area contributed by atoms with Gasteiger partial charge in [-0.3, -0.25) is 9.89 Å². The lowest BCUT2D eigenvalue weighted by molar-refractivity contribution is 0.108. The Morgan fingerprint density at radius 2 is 2.30 bits per heavy atom. The van der Waals surface area contributed by atoms with Crippen LogP contribution in [0.2, 0.25) is 0 Å². The third kappa shape index (κ3) is 9.58. The van der Waals surface area contributed by atoms with Crippen LogP contribution >= 0.6 is 11.3 Å². The highest BCUT2D eigenvalue weighted by atomic mass is 32.1. The number of piperidine rings is 1. The van der Waals surface area contributed by atoms with Crippen LogP contribution in [-0.2, 0) is 11.3 Å². The predicted molar refractivity (Wildman–Crippen MR) is 117 cm³/mol. The summed E-state index contributed by atoms with van der Waals surface area (Å²) < 4.78 is 5.64. The molecule has 2 heterocycles. The Hall–Kier alpha value is -1.11. The fourth-order valence-corrected chi connectivity index (χ4v) is 4.08. The Labute approximate surface area is 169 Å². The maximum absolute atomic E-state index is 5.64. The van der Waals surface area contributed by atoms with E-state index < -0.39 is 0 Å². The summed E-state index contributed by atoms with van der Waals surface area (Å²) in [5, 5.41) is 8.98. The summed E-state index contributed by atoms with van der Waals surface area (Å²) in [5.74, 6) is 2.20. The topological polar surface area (TPSA) is 48.9 Å². The van der Waals surface area contributed by atoms with Gasteiger partial charge in [0.05, 0.1) is 0 Å². The number of rotatable bonds is 11. The van der Waals surface area contributed by atoms with E-state index >= 15 is 0 Å². The quantitative estimate of drug-likeness (QED) is 0.342. The lowest BCUT2D eigenvalue weighted by Crippen LogP contribution is -2.40. The lowest BCUT2D eigenvalue weighted by atomic mass is 9.98. The van der Waals surface area contributed by atoms with Gasteiger partial charge in [-0.05, 0) is 56.0 Å². The van der Waals surface area contributed by atoms with E-state index in [0.717, 1.165) is 58.3 Å². The van der Waals surface area contributed by atoms with Gasteiger partial charge in [0, 0.05) is 50.8 Å². The van der Waals surface area contributed by atoms with Crippen molar-refractivity contribution < 1.29 is 4.74 Å². The van der Waals surface area contributed by atoms with Gasteiger partial charge in [0.15, 0.2) is 5.96 Å². The van der Waals surface area contributed by atoms with Crippen LogP contribution in [0.25, 0.3) is 0 Å². The summed E-state index contributed by atoms with van der Waals surface area (Å²) in [4.78, 5) is 8.90. The number of nitrogens with one attached hydrogen (secondary N) is 2. The average Bonchev–Trinajstić information content (AvgIpc) is 3.15. The van der Waals surface area contributed by atoms with Crippen molar-refractivity contribution in [3.05, 3.63) is 22.4 Å². The number of likely N-dealkylation sites (tertiary alicyclic amines) is 1. The van der Waals surface area contributed by atoms with E-state index in [1.165, 1.54) is 24.3 Å². The van der Waals surface area contributed by atoms with Crippen molar-refractivity contribution in [3.8, 4) is 0 Å². The molecule has 1 fully saturated rings. The smallest absolute Gasteiger partial charge is 0.191 e. The molecule has 154 valence electrons. The van der Waals surface area contributed by atoms with Crippen LogP contribution in [0.4, 0.5) is 0 Å². The van der Waals surface area contributed by atoms with Crippen LogP contribution in [0.15, 0.2) is 22.5 Å². The monoisotopic (exact) mass is 394 g/mol. The number of hydrogen-bond acceptors (Lipinski definition) is 4. The minimum Gasteiger partial charge on any atom is -0.381 e. The normalized spacial score (nSPS) is 18.8. The third-order valence-electron chi connectivity index (χ3n) is 4.62. The van der Waals surface area contributed by atoms with E-state index in [9.17, 15) is 0 Å². The van der Waals surface area contributed by atoms with Gasteiger partial charge in [-0.2, -0.15) is 0 Å². The van der Waals surface area contributed by atoms with E-state index in [-0.39, 0.29) is 0 Å². The Bertz CT molecular complexity index is 518. The molecule has 0 spiro atoms. The molecule has 0 aromatic carbocycles. The molecule has 0 amide bonds. The van der Waals surface area contributed by atoms with E-state index in [0.29, 0.717) is 11.8 Å². The maximum atomic E-state index is 5.64. The molecule has 1 aromatic heterocycles. The first-order valence-electron chi connectivity index (χ1n) is 10.5. The third-order valence-corrected chi connectivity index (χ3v) is 5.48. The van der Waals surface area contributed by atoms with Gasteiger partial charge in [0.2, 0.25) is 0 Å². The molecule has 1 atom stereocenters. The Morgan fingerprint density at radius 3 is 3.04 bits per heavy atom. The summed E-state index contributed by atoms with van der Waals surface area (Å²) >= 11 is 1.86. The second-order valence-corrected chi connectivity index (χ2v) is 8.82. The highest BCUT2D eigenvalue weighted by Crippen LogP contribution is 2.20. The van der Waals surface area contributed by atoms with E-state index in [1.54, 1.807) is 0 Å². The number of aliphatic imine (C=N–C) groups is 1. The minimum absolute atomic E-state index is 0.603. The molecule has 0 radical (unpaired) electrons.